The van der Waals surface area contributed by atoms with E-state index in [9.17, 15) is 10.1 Å². The van der Waals surface area contributed by atoms with E-state index in [1.807, 2.05) is 0 Å². The van der Waals surface area contributed by atoms with E-state index in [4.69, 9.17) is 29.7 Å². The maximum Gasteiger partial charge on any atom is 0.320 e. The van der Waals surface area contributed by atoms with E-state index >= 15 is 0 Å². The van der Waals surface area contributed by atoms with Gasteiger partial charge in [-0.3, -0.25) is 10.2 Å². The molecule has 8 rings (SSSR count). The molecule has 4 N–H and O–H groups in total. The average molecular weight is 703 g/mol. The third kappa shape index (κ3) is 5.82. The van der Waals surface area contributed by atoms with Gasteiger partial charge in [0.25, 0.3) is 0 Å². The minimum atomic E-state index is -0.497. The number of hydrogen-bond donors (Lipinski definition) is 3. The molecule has 256 valence electrons. The minimum absolute atomic E-state index is 0.0263. The van der Waals surface area contributed by atoms with Gasteiger partial charge in [0.05, 0.1) is 23.6 Å². The topological polar surface area (TPSA) is 182 Å². The van der Waals surface area contributed by atoms with Crippen molar-refractivity contribution in [1.29, 1.82) is 5.26 Å². The lowest BCUT2D eigenvalue weighted by Gasteiger charge is -2.38. The Hall–Kier alpha value is -4.17. The SMILES string of the molecule is C[C@H](Oc1cc(-n2ccc(NC(=O)N[C@H]3CCOC3)n2)nc(-c2noc3c2CSCC32CCCc3sc(N)c(C#N)c32)n1)[C@@H]1CCCN1C. The van der Waals surface area contributed by atoms with Crippen LogP contribution in [-0.2, 0) is 22.3 Å². The molecule has 0 aromatic carbocycles. The number of nitriles is 1. The van der Waals surface area contributed by atoms with Gasteiger partial charge in [-0.15, -0.1) is 16.4 Å². The first kappa shape index (κ1) is 32.1. The van der Waals surface area contributed by atoms with E-state index in [0.29, 0.717) is 58.6 Å². The first-order valence-corrected chi connectivity index (χ1v) is 18.7. The molecule has 1 unspecified atom stereocenters. The number of urea groups is 1. The third-order valence-corrected chi connectivity index (χ3v) is 12.3. The van der Waals surface area contributed by atoms with Gasteiger partial charge in [0.15, 0.2) is 28.9 Å². The number of carbonyl (C=O) groups excluding carboxylic acids is 1. The first-order valence-electron chi connectivity index (χ1n) is 16.7. The van der Waals surface area contributed by atoms with Crippen molar-refractivity contribution in [1.82, 2.24) is 35.1 Å². The van der Waals surface area contributed by atoms with Crippen LogP contribution in [0.3, 0.4) is 0 Å². The molecule has 3 aliphatic heterocycles. The van der Waals surface area contributed by atoms with Crippen LogP contribution in [0.5, 0.6) is 5.88 Å². The second kappa shape index (κ2) is 12.9. The monoisotopic (exact) mass is 702 g/mol. The molecule has 0 saturated carbocycles. The molecule has 0 radical (unpaired) electrons. The summed E-state index contributed by atoms with van der Waals surface area (Å²) >= 11 is 3.30. The highest BCUT2D eigenvalue weighted by atomic mass is 32.2. The Kier molecular flexibility index (Phi) is 8.47. The number of carbonyl (C=O) groups is 1. The summed E-state index contributed by atoms with van der Waals surface area (Å²) < 4.78 is 19.7. The number of anilines is 2. The number of likely N-dealkylation sites (tertiary alicyclic amines) is 1. The lowest BCUT2D eigenvalue weighted by Crippen LogP contribution is -2.38. The summed E-state index contributed by atoms with van der Waals surface area (Å²) in [6.07, 6.45) is 7.24. The van der Waals surface area contributed by atoms with Crippen LogP contribution in [0.15, 0.2) is 22.9 Å². The lowest BCUT2D eigenvalue weighted by atomic mass is 9.69. The number of rotatable bonds is 7. The Balaban J connectivity index is 1.16. The Morgan fingerprint density at radius 1 is 1.31 bits per heavy atom. The zero-order chi connectivity index (χ0) is 33.7. The standard InChI is InChI=1S/C33H38N10O4S2/c1-18(22-5-4-10-42(22)2)46-26-13-25(43-11-7-24(40-43)37-32(44)36-19-8-12-45-15-19)38-31(39-26)28-21-16-48-17-33(29(21)47-41-28)9-3-6-23-27(33)20(14-34)30(35)49-23/h7,11,13,18-19,22H,3-6,8-10,12,15-17,35H2,1-2H3,(H2,36,37,40,44)/t18-,19-,22-,33?/m0/s1. The molecule has 16 heteroatoms. The summed E-state index contributed by atoms with van der Waals surface area (Å²) in [5.74, 6) is 3.77. The number of fused-ring (bicyclic) bond motifs is 4. The molecule has 0 bridgehead atoms. The number of likely N-dealkylation sites (N-methyl/N-ethyl adjacent to an activating group) is 1. The molecule has 4 atom stereocenters. The summed E-state index contributed by atoms with van der Waals surface area (Å²) in [5.41, 5.74) is 8.86. The summed E-state index contributed by atoms with van der Waals surface area (Å²) in [5, 5.41) is 25.6. The molecule has 7 heterocycles. The number of amides is 2. The molecule has 1 spiro atoms. The summed E-state index contributed by atoms with van der Waals surface area (Å²) in [6, 6.07) is 5.73. The predicted octanol–water partition coefficient (Wildman–Crippen LogP) is 4.47. The molecule has 4 aromatic rings. The molecular formula is C33H38N10O4S2. The van der Waals surface area contributed by atoms with Gasteiger partial charge in [-0.05, 0) is 59.0 Å². The number of nitrogens with zero attached hydrogens (tertiary/aromatic N) is 7. The molecule has 2 amide bonds. The maximum atomic E-state index is 12.6. The zero-order valence-corrected chi connectivity index (χ0v) is 29.0. The van der Waals surface area contributed by atoms with Gasteiger partial charge in [-0.25, -0.2) is 14.5 Å². The normalized spacial score (nSPS) is 23.9. The number of nitrogen functional groups attached to an aromatic ring is 1. The van der Waals surface area contributed by atoms with Crippen LogP contribution in [0.4, 0.5) is 15.6 Å². The van der Waals surface area contributed by atoms with Crippen LogP contribution in [0.2, 0.25) is 0 Å². The predicted molar refractivity (Wildman–Crippen MR) is 185 cm³/mol. The van der Waals surface area contributed by atoms with Crippen molar-refractivity contribution < 1.29 is 18.8 Å². The van der Waals surface area contributed by atoms with Gasteiger partial charge in [-0.1, -0.05) is 5.16 Å². The fraction of sp³-hybridized carbons (Fsp3) is 0.515. The lowest BCUT2D eigenvalue weighted by molar-refractivity contribution is 0.117. The highest BCUT2D eigenvalue weighted by Gasteiger charge is 2.49. The van der Waals surface area contributed by atoms with Gasteiger partial charge in [0, 0.05) is 58.5 Å². The second-order valence-electron chi connectivity index (χ2n) is 13.2. The molecule has 49 heavy (non-hydrogen) atoms. The fourth-order valence-electron chi connectivity index (χ4n) is 7.72. The molecule has 4 aromatic heterocycles. The number of ether oxygens (including phenoxy) is 2. The van der Waals surface area contributed by atoms with Crippen molar-refractivity contribution in [3.8, 4) is 29.3 Å². The number of aryl methyl sites for hydroxylation is 1. The number of nitrogens with one attached hydrogen (secondary N) is 2. The smallest absolute Gasteiger partial charge is 0.320 e. The quantitative estimate of drug-likeness (QED) is 0.246. The Morgan fingerprint density at radius 2 is 2.20 bits per heavy atom. The Bertz CT molecular complexity index is 1920. The van der Waals surface area contributed by atoms with Crippen molar-refractivity contribution in [2.75, 3.05) is 43.6 Å². The van der Waals surface area contributed by atoms with Gasteiger partial charge >= 0.3 is 6.03 Å². The fourth-order valence-corrected chi connectivity index (χ4v) is 10.2. The number of aromatic nitrogens is 5. The van der Waals surface area contributed by atoms with E-state index < -0.39 is 5.41 Å². The second-order valence-corrected chi connectivity index (χ2v) is 15.3. The van der Waals surface area contributed by atoms with Crippen LogP contribution < -0.4 is 21.1 Å². The number of thioether (sulfide) groups is 1. The van der Waals surface area contributed by atoms with Crippen molar-refractivity contribution >= 4 is 39.9 Å². The van der Waals surface area contributed by atoms with E-state index in [1.54, 1.807) is 34.8 Å². The highest BCUT2D eigenvalue weighted by molar-refractivity contribution is 7.98. The maximum absolute atomic E-state index is 12.6. The highest BCUT2D eigenvalue weighted by Crippen LogP contribution is 2.54. The van der Waals surface area contributed by atoms with E-state index in [-0.39, 0.29) is 24.2 Å². The summed E-state index contributed by atoms with van der Waals surface area (Å²) in [7, 11) is 2.12. The number of thiophene rings is 1. The van der Waals surface area contributed by atoms with Crippen LogP contribution in [0.25, 0.3) is 17.3 Å². The zero-order valence-electron chi connectivity index (χ0n) is 27.4. The third-order valence-electron chi connectivity index (χ3n) is 10.1. The summed E-state index contributed by atoms with van der Waals surface area (Å²) in [6.45, 7) is 4.22. The molecule has 1 aliphatic carbocycles. The van der Waals surface area contributed by atoms with Gasteiger partial charge in [-0.2, -0.15) is 22.0 Å². The van der Waals surface area contributed by atoms with Gasteiger partial charge in [0.1, 0.15) is 17.2 Å². The van der Waals surface area contributed by atoms with Crippen LogP contribution in [0.1, 0.15) is 66.4 Å². The van der Waals surface area contributed by atoms with Gasteiger partial charge in [0.2, 0.25) is 5.88 Å². The molecule has 2 saturated heterocycles. The molecule has 4 aliphatic rings. The number of nitrogens with two attached hydrogens (primary N) is 1. The van der Waals surface area contributed by atoms with Crippen LogP contribution in [0, 0.1) is 11.3 Å². The largest absolute Gasteiger partial charge is 0.473 e. The van der Waals surface area contributed by atoms with Crippen LogP contribution in [-0.4, -0.2) is 86.6 Å². The van der Waals surface area contributed by atoms with Crippen LogP contribution >= 0.6 is 23.1 Å². The van der Waals surface area contributed by atoms with Crippen molar-refractivity contribution in [3.63, 3.8) is 0 Å². The van der Waals surface area contributed by atoms with Gasteiger partial charge < -0.3 is 25.0 Å². The van der Waals surface area contributed by atoms with E-state index in [0.717, 1.165) is 72.6 Å². The van der Waals surface area contributed by atoms with Crippen molar-refractivity contribution in [2.24, 2.45) is 0 Å². The minimum Gasteiger partial charge on any atom is -0.473 e. The number of hydrogen-bond acceptors (Lipinski definition) is 13. The Morgan fingerprint density at radius 3 is 3.00 bits per heavy atom. The molecule has 2 fully saturated rings. The summed E-state index contributed by atoms with van der Waals surface area (Å²) in [4.78, 5) is 25.9. The van der Waals surface area contributed by atoms with Crippen molar-refractivity contribution in [2.45, 2.75) is 74.8 Å². The average Bonchev–Trinajstić information content (AvgIpc) is 3.92. The first-order chi connectivity index (χ1) is 23.8. The molecule has 14 nitrogen and oxygen atoms in total. The van der Waals surface area contributed by atoms with Crippen molar-refractivity contribution in [3.05, 3.63) is 45.7 Å². The molecular weight excluding hydrogens is 665 g/mol. The van der Waals surface area contributed by atoms with E-state index in [2.05, 4.69) is 45.8 Å². The van der Waals surface area contributed by atoms with E-state index in [1.165, 1.54) is 11.3 Å². The Labute approximate surface area is 291 Å².